The zero-order valence-electron chi connectivity index (χ0n) is 9.72. The molecule has 0 amide bonds. The monoisotopic (exact) mass is 193 g/mol. The Kier molecular flexibility index (Phi) is 2.26. The van der Waals surface area contributed by atoms with Crippen molar-refractivity contribution in [3.8, 4) is 0 Å². The minimum Gasteiger partial charge on any atom is -0.322 e. The Morgan fingerprint density at radius 1 is 1.29 bits per heavy atom. The molecule has 0 aliphatic heterocycles. The largest absolute Gasteiger partial charge is 0.322 e. The van der Waals surface area contributed by atoms with Crippen molar-refractivity contribution in [1.29, 1.82) is 0 Å². The van der Waals surface area contributed by atoms with Gasteiger partial charge >= 0.3 is 0 Å². The van der Waals surface area contributed by atoms with E-state index in [1.807, 2.05) is 0 Å². The molecule has 2 fully saturated rings. The summed E-state index contributed by atoms with van der Waals surface area (Å²) in [4.78, 5) is 0. The van der Waals surface area contributed by atoms with Crippen LogP contribution in [0, 0.1) is 17.3 Å². The Morgan fingerprint density at radius 3 is 2.21 bits per heavy atom. The van der Waals surface area contributed by atoms with E-state index in [-0.39, 0.29) is 5.54 Å². The van der Waals surface area contributed by atoms with E-state index in [0.29, 0.717) is 5.41 Å². The van der Waals surface area contributed by atoms with Gasteiger partial charge in [0.05, 0.1) is 0 Å². The molecule has 2 aliphatic rings. The summed E-state index contributed by atoms with van der Waals surface area (Å²) in [5, 5.41) is 0. The van der Waals surface area contributed by atoms with Gasteiger partial charge in [-0.3, -0.25) is 0 Å². The van der Waals surface area contributed by atoms with Gasteiger partial charge in [0, 0.05) is 5.54 Å². The predicted molar refractivity (Wildman–Crippen MR) is 61.0 cm³/mol. The molecule has 0 saturated heterocycles. The molecule has 2 saturated carbocycles. The first-order chi connectivity index (χ1) is 6.41. The normalized spacial score (nSPS) is 28.0. The van der Waals surface area contributed by atoms with Crippen LogP contribution in [0.1, 0.15) is 46.5 Å². The first-order valence-electron chi connectivity index (χ1n) is 5.89. The third-order valence-electron chi connectivity index (χ3n) is 3.59. The second kappa shape index (κ2) is 3.10. The van der Waals surface area contributed by atoms with E-state index in [1.54, 1.807) is 0 Å². The second-order valence-electron chi connectivity index (χ2n) is 6.32. The summed E-state index contributed by atoms with van der Waals surface area (Å²) in [5.74, 6) is 1.68. The van der Waals surface area contributed by atoms with E-state index in [2.05, 4.69) is 32.9 Å². The van der Waals surface area contributed by atoms with Crippen molar-refractivity contribution >= 4 is 0 Å². The van der Waals surface area contributed by atoms with Gasteiger partial charge in [-0.2, -0.15) is 0 Å². The molecule has 1 nitrogen and oxygen atoms in total. The van der Waals surface area contributed by atoms with Crippen molar-refractivity contribution in [3.63, 3.8) is 0 Å². The van der Waals surface area contributed by atoms with Gasteiger partial charge in [0.1, 0.15) is 0 Å². The summed E-state index contributed by atoms with van der Waals surface area (Å²) in [6.45, 7) is 7.03. The highest BCUT2D eigenvalue weighted by Crippen LogP contribution is 2.47. The van der Waals surface area contributed by atoms with Crippen LogP contribution < -0.4 is 5.73 Å². The Morgan fingerprint density at radius 2 is 1.86 bits per heavy atom. The van der Waals surface area contributed by atoms with Gasteiger partial charge in [-0.1, -0.05) is 32.9 Å². The third-order valence-corrected chi connectivity index (χ3v) is 3.59. The van der Waals surface area contributed by atoms with E-state index in [0.717, 1.165) is 11.8 Å². The maximum Gasteiger partial charge on any atom is 0.0340 e. The summed E-state index contributed by atoms with van der Waals surface area (Å²) in [7, 11) is 0. The van der Waals surface area contributed by atoms with E-state index in [1.165, 1.54) is 25.7 Å². The lowest BCUT2D eigenvalue weighted by Gasteiger charge is -2.28. The molecule has 1 unspecified atom stereocenters. The lowest BCUT2D eigenvalue weighted by atomic mass is 9.77. The lowest BCUT2D eigenvalue weighted by Crippen LogP contribution is -2.23. The smallest absolute Gasteiger partial charge is 0.0340 e. The van der Waals surface area contributed by atoms with Crippen LogP contribution in [0.3, 0.4) is 0 Å². The Balaban J connectivity index is 2.00. The highest BCUT2D eigenvalue weighted by molar-refractivity contribution is 5.17. The van der Waals surface area contributed by atoms with E-state index in [4.69, 9.17) is 5.73 Å². The fraction of sp³-hybridized carbons (Fsp3) is 0.846. The molecule has 0 bridgehead atoms. The predicted octanol–water partition coefficient (Wildman–Crippen LogP) is 3.11. The van der Waals surface area contributed by atoms with Crippen LogP contribution in [0.15, 0.2) is 12.2 Å². The molecule has 0 aromatic carbocycles. The van der Waals surface area contributed by atoms with Gasteiger partial charge in [-0.15, -0.1) is 0 Å². The van der Waals surface area contributed by atoms with Crippen molar-refractivity contribution in [2.24, 2.45) is 23.0 Å². The molecule has 0 spiro atoms. The third kappa shape index (κ3) is 2.38. The second-order valence-corrected chi connectivity index (χ2v) is 6.32. The molecule has 1 atom stereocenters. The van der Waals surface area contributed by atoms with Crippen LogP contribution >= 0.6 is 0 Å². The van der Waals surface area contributed by atoms with Gasteiger partial charge in [-0.25, -0.2) is 0 Å². The minimum atomic E-state index is 0.0817. The lowest BCUT2D eigenvalue weighted by molar-refractivity contribution is 0.263. The van der Waals surface area contributed by atoms with Crippen LogP contribution in [-0.2, 0) is 0 Å². The number of nitrogens with two attached hydrogens (primary N) is 1. The van der Waals surface area contributed by atoms with Gasteiger partial charge in [0.25, 0.3) is 0 Å². The van der Waals surface area contributed by atoms with Crippen LogP contribution in [-0.4, -0.2) is 5.54 Å². The van der Waals surface area contributed by atoms with Crippen LogP contribution in [0.2, 0.25) is 0 Å². The molecular weight excluding hydrogens is 170 g/mol. The Bertz CT molecular complexity index is 238. The highest BCUT2D eigenvalue weighted by atomic mass is 14.8. The standard InChI is InChI=1S/C13H23N/c1-12(2,3)11(10-4-5-10)6-7-13(14)8-9-13/h6-7,10-11H,4-5,8-9,14H2,1-3H3/b7-6+. The first kappa shape index (κ1) is 10.2. The number of hydrogen-bond acceptors (Lipinski definition) is 1. The average Bonchev–Trinajstić information content (AvgIpc) is 2.86. The molecule has 0 radical (unpaired) electrons. The zero-order chi connectivity index (χ0) is 10.4. The topological polar surface area (TPSA) is 26.0 Å². The summed E-state index contributed by atoms with van der Waals surface area (Å²) in [6.07, 6.45) is 9.90. The number of rotatable bonds is 3. The van der Waals surface area contributed by atoms with E-state index >= 15 is 0 Å². The van der Waals surface area contributed by atoms with Crippen molar-refractivity contribution in [2.75, 3.05) is 0 Å². The highest BCUT2D eigenvalue weighted by Gasteiger charge is 2.39. The van der Waals surface area contributed by atoms with Crippen molar-refractivity contribution in [3.05, 3.63) is 12.2 Å². The first-order valence-corrected chi connectivity index (χ1v) is 5.89. The van der Waals surface area contributed by atoms with Gasteiger partial charge in [0.2, 0.25) is 0 Å². The molecule has 0 heterocycles. The molecular formula is C13H23N. The molecule has 80 valence electrons. The molecule has 2 aliphatic carbocycles. The maximum absolute atomic E-state index is 6.07. The Labute approximate surface area is 87.8 Å². The fourth-order valence-electron chi connectivity index (χ4n) is 2.21. The minimum absolute atomic E-state index is 0.0817. The average molecular weight is 193 g/mol. The number of allylic oxidation sites excluding steroid dienone is 1. The fourth-order valence-corrected chi connectivity index (χ4v) is 2.21. The summed E-state index contributed by atoms with van der Waals surface area (Å²) in [5.41, 5.74) is 6.56. The van der Waals surface area contributed by atoms with E-state index < -0.39 is 0 Å². The van der Waals surface area contributed by atoms with Gasteiger partial charge in [0.15, 0.2) is 0 Å². The summed E-state index contributed by atoms with van der Waals surface area (Å²) >= 11 is 0. The maximum atomic E-state index is 6.07. The molecule has 14 heavy (non-hydrogen) atoms. The quantitative estimate of drug-likeness (QED) is 0.685. The number of hydrogen-bond donors (Lipinski definition) is 1. The van der Waals surface area contributed by atoms with Crippen LogP contribution in [0.4, 0.5) is 0 Å². The molecule has 2 N–H and O–H groups in total. The SMILES string of the molecule is CC(C)(C)C(/C=C/C1(N)CC1)C1CC1. The van der Waals surface area contributed by atoms with E-state index in [9.17, 15) is 0 Å². The summed E-state index contributed by atoms with van der Waals surface area (Å²) < 4.78 is 0. The van der Waals surface area contributed by atoms with Crippen molar-refractivity contribution in [2.45, 2.75) is 52.0 Å². The molecule has 0 aromatic rings. The summed E-state index contributed by atoms with van der Waals surface area (Å²) in [6, 6.07) is 0. The van der Waals surface area contributed by atoms with Gasteiger partial charge in [-0.05, 0) is 42.9 Å². The Hall–Kier alpha value is -0.300. The molecule has 0 aromatic heterocycles. The van der Waals surface area contributed by atoms with Crippen molar-refractivity contribution < 1.29 is 0 Å². The molecule has 1 heteroatoms. The van der Waals surface area contributed by atoms with Crippen LogP contribution in [0.25, 0.3) is 0 Å². The molecule has 2 rings (SSSR count). The van der Waals surface area contributed by atoms with Crippen LogP contribution in [0.5, 0.6) is 0 Å². The van der Waals surface area contributed by atoms with Crippen molar-refractivity contribution in [1.82, 2.24) is 0 Å². The zero-order valence-corrected chi connectivity index (χ0v) is 9.72. The van der Waals surface area contributed by atoms with Gasteiger partial charge < -0.3 is 5.73 Å².